The molecule has 1 aromatic rings. The van der Waals surface area contributed by atoms with E-state index in [4.69, 9.17) is 5.73 Å². The molecule has 0 aromatic heterocycles. The number of nitrogens with one attached hydrogen (secondary N) is 1. The SMILES string of the molecule is CC1CCN(C(C)C(=O)Nc2ccc(CN)cc2)CC1C. The number of hydrogen-bond acceptors (Lipinski definition) is 3. The second-order valence-electron chi connectivity index (χ2n) is 6.30. The Bertz CT molecular complexity index is 471. The van der Waals surface area contributed by atoms with Crippen molar-refractivity contribution in [2.45, 2.75) is 39.8 Å². The number of likely N-dealkylation sites (tertiary alicyclic amines) is 1. The molecule has 1 aliphatic heterocycles. The Hall–Kier alpha value is -1.39. The van der Waals surface area contributed by atoms with Crippen molar-refractivity contribution in [1.29, 1.82) is 0 Å². The van der Waals surface area contributed by atoms with Gasteiger partial charge in [-0.25, -0.2) is 0 Å². The van der Waals surface area contributed by atoms with Crippen LogP contribution < -0.4 is 11.1 Å². The van der Waals surface area contributed by atoms with Crippen LogP contribution in [0.3, 0.4) is 0 Å². The van der Waals surface area contributed by atoms with Crippen molar-refractivity contribution < 1.29 is 4.79 Å². The van der Waals surface area contributed by atoms with Gasteiger partial charge in [0.1, 0.15) is 0 Å². The molecule has 0 bridgehead atoms. The van der Waals surface area contributed by atoms with E-state index in [-0.39, 0.29) is 11.9 Å². The highest BCUT2D eigenvalue weighted by atomic mass is 16.2. The van der Waals surface area contributed by atoms with Gasteiger partial charge in [-0.1, -0.05) is 26.0 Å². The number of carbonyl (C=O) groups is 1. The van der Waals surface area contributed by atoms with Gasteiger partial charge < -0.3 is 11.1 Å². The first-order chi connectivity index (χ1) is 10.0. The maximum absolute atomic E-state index is 12.4. The summed E-state index contributed by atoms with van der Waals surface area (Å²) < 4.78 is 0. The summed E-state index contributed by atoms with van der Waals surface area (Å²) in [6.45, 7) is 9.09. The highest BCUT2D eigenvalue weighted by molar-refractivity contribution is 5.94. The Morgan fingerprint density at radius 2 is 2.00 bits per heavy atom. The van der Waals surface area contributed by atoms with Crippen molar-refractivity contribution in [2.75, 3.05) is 18.4 Å². The van der Waals surface area contributed by atoms with E-state index in [1.54, 1.807) is 0 Å². The lowest BCUT2D eigenvalue weighted by Crippen LogP contribution is -2.48. The molecule has 1 aliphatic rings. The fourth-order valence-corrected chi connectivity index (χ4v) is 2.78. The summed E-state index contributed by atoms with van der Waals surface area (Å²) in [6.07, 6.45) is 1.17. The smallest absolute Gasteiger partial charge is 0.241 e. The molecule has 4 heteroatoms. The van der Waals surface area contributed by atoms with E-state index in [9.17, 15) is 4.79 Å². The number of hydrogen-bond donors (Lipinski definition) is 2. The number of nitrogens with zero attached hydrogens (tertiary/aromatic N) is 1. The van der Waals surface area contributed by atoms with Gasteiger partial charge in [0.05, 0.1) is 6.04 Å². The summed E-state index contributed by atoms with van der Waals surface area (Å²) >= 11 is 0. The predicted octanol–water partition coefficient (Wildman–Crippen LogP) is 2.45. The van der Waals surface area contributed by atoms with Gasteiger partial charge in [-0.3, -0.25) is 9.69 Å². The van der Waals surface area contributed by atoms with Crippen LogP contribution in [0, 0.1) is 11.8 Å². The van der Waals surface area contributed by atoms with Crippen LogP contribution >= 0.6 is 0 Å². The summed E-state index contributed by atoms with van der Waals surface area (Å²) in [4.78, 5) is 14.7. The number of carbonyl (C=O) groups excluding carboxylic acids is 1. The fourth-order valence-electron chi connectivity index (χ4n) is 2.78. The van der Waals surface area contributed by atoms with Gasteiger partial charge in [0.25, 0.3) is 0 Å². The summed E-state index contributed by atoms with van der Waals surface area (Å²) in [5.41, 5.74) is 7.48. The van der Waals surface area contributed by atoms with E-state index >= 15 is 0 Å². The summed E-state index contributed by atoms with van der Waals surface area (Å²) in [7, 11) is 0. The van der Waals surface area contributed by atoms with Crippen molar-refractivity contribution in [1.82, 2.24) is 4.90 Å². The molecule has 3 atom stereocenters. The average Bonchev–Trinajstić information content (AvgIpc) is 2.50. The van der Waals surface area contributed by atoms with Gasteiger partial charge in [-0.05, 0) is 49.4 Å². The Morgan fingerprint density at radius 1 is 1.33 bits per heavy atom. The molecule has 0 saturated carbocycles. The third-order valence-electron chi connectivity index (χ3n) is 4.75. The molecule has 1 amide bonds. The molecule has 0 radical (unpaired) electrons. The summed E-state index contributed by atoms with van der Waals surface area (Å²) in [5, 5.41) is 2.99. The number of nitrogens with two attached hydrogens (primary N) is 1. The van der Waals surface area contributed by atoms with Crippen molar-refractivity contribution in [2.24, 2.45) is 17.6 Å². The van der Waals surface area contributed by atoms with Gasteiger partial charge in [-0.2, -0.15) is 0 Å². The van der Waals surface area contributed by atoms with Gasteiger partial charge in [-0.15, -0.1) is 0 Å². The third-order valence-corrected chi connectivity index (χ3v) is 4.75. The Labute approximate surface area is 127 Å². The maximum Gasteiger partial charge on any atom is 0.241 e. The van der Waals surface area contributed by atoms with Crippen LogP contribution in [0.2, 0.25) is 0 Å². The molecule has 0 aliphatic carbocycles. The van der Waals surface area contributed by atoms with Crippen LogP contribution in [0.1, 0.15) is 32.8 Å². The Morgan fingerprint density at radius 3 is 2.57 bits per heavy atom. The van der Waals surface area contributed by atoms with Gasteiger partial charge in [0.2, 0.25) is 5.91 Å². The minimum absolute atomic E-state index is 0.0669. The molecule has 2 rings (SSSR count). The van der Waals surface area contributed by atoms with E-state index in [2.05, 4.69) is 24.1 Å². The predicted molar refractivity (Wildman–Crippen MR) is 86.9 cm³/mol. The molecule has 1 saturated heterocycles. The number of benzene rings is 1. The highest BCUT2D eigenvalue weighted by Gasteiger charge is 2.28. The second-order valence-corrected chi connectivity index (χ2v) is 6.30. The molecular weight excluding hydrogens is 262 g/mol. The largest absolute Gasteiger partial charge is 0.326 e. The van der Waals surface area contributed by atoms with Crippen molar-refractivity contribution in [3.8, 4) is 0 Å². The molecule has 1 heterocycles. The molecule has 116 valence electrons. The van der Waals surface area contributed by atoms with Gasteiger partial charge >= 0.3 is 0 Å². The van der Waals surface area contributed by atoms with Crippen LogP contribution in [-0.2, 0) is 11.3 Å². The molecular formula is C17H27N3O. The normalized spacial score (nSPS) is 24.6. The minimum Gasteiger partial charge on any atom is -0.326 e. The lowest BCUT2D eigenvalue weighted by molar-refractivity contribution is -0.121. The quantitative estimate of drug-likeness (QED) is 0.895. The van der Waals surface area contributed by atoms with Crippen molar-refractivity contribution >= 4 is 11.6 Å². The first kappa shape index (κ1) is 16.0. The summed E-state index contributed by atoms with van der Waals surface area (Å²) in [6, 6.07) is 7.63. The monoisotopic (exact) mass is 289 g/mol. The molecule has 1 fully saturated rings. The molecule has 3 unspecified atom stereocenters. The van der Waals surface area contributed by atoms with Crippen molar-refractivity contribution in [3.05, 3.63) is 29.8 Å². The zero-order valence-electron chi connectivity index (χ0n) is 13.3. The van der Waals surface area contributed by atoms with E-state index in [0.29, 0.717) is 12.5 Å². The second kappa shape index (κ2) is 7.05. The van der Waals surface area contributed by atoms with E-state index in [1.165, 1.54) is 6.42 Å². The lowest BCUT2D eigenvalue weighted by Gasteiger charge is -2.38. The van der Waals surface area contributed by atoms with Crippen LogP contribution in [0.25, 0.3) is 0 Å². The molecule has 4 nitrogen and oxygen atoms in total. The Balaban J connectivity index is 1.92. The number of rotatable bonds is 4. The maximum atomic E-state index is 12.4. The van der Waals surface area contributed by atoms with E-state index in [0.717, 1.165) is 30.3 Å². The number of piperidine rings is 1. The van der Waals surface area contributed by atoms with Crippen LogP contribution in [0.15, 0.2) is 24.3 Å². The first-order valence-electron chi connectivity index (χ1n) is 7.85. The topological polar surface area (TPSA) is 58.4 Å². The van der Waals surface area contributed by atoms with Gasteiger partial charge in [0, 0.05) is 18.8 Å². The van der Waals surface area contributed by atoms with E-state index < -0.39 is 0 Å². The number of anilines is 1. The van der Waals surface area contributed by atoms with Gasteiger partial charge in [0.15, 0.2) is 0 Å². The van der Waals surface area contributed by atoms with Crippen LogP contribution in [-0.4, -0.2) is 29.9 Å². The molecule has 1 aromatic carbocycles. The van der Waals surface area contributed by atoms with Crippen LogP contribution in [0.4, 0.5) is 5.69 Å². The standard InChI is InChI=1S/C17H27N3O/c1-12-8-9-20(11-13(12)2)14(3)17(21)19-16-6-4-15(10-18)5-7-16/h4-7,12-14H,8-11,18H2,1-3H3,(H,19,21). The molecule has 3 N–H and O–H groups in total. The summed E-state index contributed by atoms with van der Waals surface area (Å²) in [5.74, 6) is 1.47. The lowest BCUT2D eigenvalue weighted by atomic mass is 9.88. The molecule has 0 spiro atoms. The average molecular weight is 289 g/mol. The third kappa shape index (κ3) is 4.05. The molecule has 21 heavy (non-hydrogen) atoms. The zero-order valence-corrected chi connectivity index (χ0v) is 13.3. The highest BCUT2D eigenvalue weighted by Crippen LogP contribution is 2.24. The fraction of sp³-hybridized carbons (Fsp3) is 0.588. The van der Waals surface area contributed by atoms with Crippen molar-refractivity contribution in [3.63, 3.8) is 0 Å². The first-order valence-corrected chi connectivity index (χ1v) is 7.85. The Kier molecular flexibility index (Phi) is 5.37. The van der Waals surface area contributed by atoms with E-state index in [1.807, 2.05) is 31.2 Å². The van der Waals surface area contributed by atoms with Crippen LogP contribution in [0.5, 0.6) is 0 Å². The number of amides is 1. The minimum atomic E-state index is -0.0888. The zero-order chi connectivity index (χ0) is 15.4.